The van der Waals surface area contributed by atoms with E-state index in [1.165, 1.54) is 6.20 Å². The molecular formula is C18H20FN7O. The molecule has 0 bridgehead atoms. The molecule has 0 aliphatic heterocycles. The number of primary amides is 1. The first kappa shape index (κ1) is 17.2. The summed E-state index contributed by atoms with van der Waals surface area (Å²) in [6, 6.07) is 1.43. The van der Waals surface area contributed by atoms with Gasteiger partial charge in [-0.15, -0.1) is 0 Å². The molecule has 0 radical (unpaired) electrons. The van der Waals surface area contributed by atoms with Crippen LogP contribution in [0, 0.1) is 0 Å². The number of nitrogen functional groups attached to an aromatic ring is 1. The number of halogens is 1. The Morgan fingerprint density at radius 3 is 2.70 bits per heavy atom. The fourth-order valence-electron chi connectivity index (χ4n) is 3.56. The van der Waals surface area contributed by atoms with Crippen molar-refractivity contribution >= 4 is 23.1 Å². The van der Waals surface area contributed by atoms with E-state index in [1.54, 1.807) is 30.0 Å². The van der Waals surface area contributed by atoms with Crippen molar-refractivity contribution in [3.05, 3.63) is 36.4 Å². The van der Waals surface area contributed by atoms with Crippen LogP contribution in [-0.2, 0) is 0 Å². The Morgan fingerprint density at radius 1 is 1.33 bits per heavy atom. The lowest BCUT2D eigenvalue weighted by molar-refractivity contribution is 0.1000. The molecule has 27 heavy (non-hydrogen) atoms. The third-order valence-electron chi connectivity index (χ3n) is 5.11. The number of hydrogen-bond acceptors (Lipinski definition) is 6. The lowest BCUT2D eigenvalue weighted by Crippen LogP contribution is -2.36. The molecule has 0 unspecified atom stereocenters. The smallest absolute Gasteiger partial charge is 0.252 e. The van der Waals surface area contributed by atoms with Gasteiger partial charge in [0.2, 0.25) is 5.95 Å². The van der Waals surface area contributed by atoms with Gasteiger partial charge in [-0.1, -0.05) is 0 Å². The third kappa shape index (κ3) is 3.05. The van der Waals surface area contributed by atoms with Gasteiger partial charge in [-0.25, -0.2) is 18.9 Å². The monoisotopic (exact) mass is 369 g/mol. The Balaban J connectivity index is 1.82. The average Bonchev–Trinajstić information content (AvgIpc) is 3.19. The van der Waals surface area contributed by atoms with Crippen molar-refractivity contribution in [1.29, 1.82) is 0 Å². The molecule has 4 rings (SSSR count). The predicted molar refractivity (Wildman–Crippen MR) is 99.9 cm³/mol. The number of nitrogens with zero attached hydrogens (tertiary/aromatic N) is 4. The molecule has 0 saturated heterocycles. The number of hydrogen-bond donors (Lipinski definition) is 3. The van der Waals surface area contributed by atoms with Crippen LogP contribution >= 0.6 is 0 Å². The second-order valence-electron chi connectivity index (χ2n) is 7.05. The first-order valence-electron chi connectivity index (χ1n) is 8.70. The summed E-state index contributed by atoms with van der Waals surface area (Å²) in [7, 11) is 0. The Morgan fingerprint density at radius 2 is 2.07 bits per heavy atom. The van der Waals surface area contributed by atoms with E-state index in [9.17, 15) is 9.18 Å². The van der Waals surface area contributed by atoms with E-state index in [4.69, 9.17) is 11.5 Å². The number of carbonyl (C=O) groups is 1. The predicted octanol–water partition coefficient (Wildman–Crippen LogP) is 2.17. The number of anilines is 2. The zero-order chi connectivity index (χ0) is 19.2. The van der Waals surface area contributed by atoms with Crippen molar-refractivity contribution in [3.8, 4) is 11.1 Å². The lowest BCUT2D eigenvalue weighted by atomic mass is 10.0. The summed E-state index contributed by atoms with van der Waals surface area (Å²) in [6.07, 6.45) is 8.33. The number of carbonyl (C=O) groups excluding carboxylic acids is 1. The van der Waals surface area contributed by atoms with E-state index in [-0.39, 0.29) is 11.5 Å². The molecule has 1 saturated carbocycles. The average molecular weight is 369 g/mol. The topological polar surface area (TPSA) is 124 Å². The molecule has 3 aromatic rings. The van der Waals surface area contributed by atoms with E-state index in [0.717, 1.165) is 17.5 Å². The fraction of sp³-hybridized carbons (Fsp3) is 0.333. The highest BCUT2D eigenvalue weighted by atomic mass is 19.1. The van der Waals surface area contributed by atoms with Crippen LogP contribution in [0.3, 0.4) is 0 Å². The number of fused-ring (bicyclic) bond motifs is 1. The van der Waals surface area contributed by atoms with E-state index >= 15 is 0 Å². The molecule has 1 aliphatic rings. The lowest BCUT2D eigenvalue weighted by Gasteiger charge is -2.26. The summed E-state index contributed by atoms with van der Waals surface area (Å²) >= 11 is 0. The third-order valence-corrected chi connectivity index (χ3v) is 5.11. The van der Waals surface area contributed by atoms with Crippen LogP contribution < -0.4 is 16.8 Å². The summed E-state index contributed by atoms with van der Waals surface area (Å²) in [5.41, 5.74) is 12.6. The van der Waals surface area contributed by atoms with E-state index in [0.29, 0.717) is 24.0 Å². The van der Waals surface area contributed by atoms with Crippen molar-refractivity contribution < 1.29 is 9.18 Å². The van der Waals surface area contributed by atoms with Crippen molar-refractivity contribution in [1.82, 2.24) is 19.6 Å². The SMILES string of the molecule is C[C@]1(F)CCC[C@H]1Nc1c(C(N)=O)cnn2cc(-c3cnc(N)nc3)cc12. The highest BCUT2D eigenvalue weighted by Gasteiger charge is 2.39. The number of nitrogens with two attached hydrogens (primary N) is 2. The summed E-state index contributed by atoms with van der Waals surface area (Å²) in [4.78, 5) is 19.9. The van der Waals surface area contributed by atoms with Crippen LogP contribution in [0.1, 0.15) is 36.5 Å². The molecule has 2 atom stereocenters. The maximum atomic E-state index is 14.8. The number of rotatable bonds is 4. The van der Waals surface area contributed by atoms with Crippen LogP contribution in [0.2, 0.25) is 0 Å². The molecule has 9 heteroatoms. The van der Waals surface area contributed by atoms with Gasteiger partial charge in [0.1, 0.15) is 5.67 Å². The first-order chi connectivity index (χ1) is 12.8. The largest absolute Gasteiger partial charge is 0.377 e. The van der Waals surface area contributed by atoms with Gasteiger partial charge in [-0.3, -0.25) is 4.79 Å². The minimum absolute atomic E-state index is 0.183. The fourth-order valence-corrected chi connectivity index (χ4v) is 3.56. The Kier molecular flexibility index (Phi) is 3.94. The number of alkyl halides is 1. The number of nitrogens with one attached hydrogen (secondary N) is 1. The second kappa shape index (κ2) is 6.19. The van der Waals surface area contributed by atoms with E-state index < -0.39 is 17.6 Å². The molecule has 1 aliphatic carbocycles. The molecule has 0 aromatic carbocycles. The van der Waals surface area contributed by atoms with Gasteiger partial charge in [-0.2, -0.15) is 5.10 Å². The van der Waals surface area contributed by atoms with Gasteiger partial charge < -0.3 is 16.8 Å². The zero-order valence-electron chi connectivity index (χ0n) is 14.8. The highest BCUT2D eigenvalue weighted by Crippen LogP contribution is 2.37. The van der Waals surface area contributed by atoms with Gasteiger partial charge in [0.15, 0.2) is 0 Å². The summed E-state index contributed by atoms with van der Waals surface area (Å²) in [6.45, 7) is 1.58. The number of aromatic nitrogens is 4. The molecule has 1 amide bonds. The Labute approximate surface area is 154 Å². The molecular weight excluding hydrogens is 349 g/mol. The van der Waals surface area contributed by atoms with Crippen molar-refractivity contribution in [3.63, 3.8) is 0 Å². The molecule has 140 valence electrons. The highest BCUT2D eigenvalue weighted by molar-refractivity contribution is 6.02. The van der Waals surface area contributed by atoms with Crippen LogP contribution in [0.5, 0.6) is 0 Å². The standard InChI is InChI=1S/C18H20FN7O/c1-18(19)4-2-3-14(18)25-15-12(16(20)27)8-24-26-9-10(5-13(15)26)11-6-22-17(21)23-7-11/h5-9,14,25H,2-4H2,1H3,(H2,20,27)(H2,21,22,23)/t14-,18+/m1/s1. The zero-order valence-corrected chi connectivity index (χ0v) is 14.8. The minimum Gasteiger partial charge on any atom is -0.377 e. The van der Waals surface area contributed by atoms with Crippen LogP contribution in [0.25, 0.3) is 16.6 Å². The van der Waals surface area contributed by atoms with Gasteiger partial charge in [0.25, 0.3) is 5.91 Å². The van der Waals surface area contributed by atoms with Crippen LogP contribution in [-0.4, -0.2) is 37.2 Å². The van der Waals surface area contributed by atoms with Crippen LogP contribution in [0.15, 0.2) is 30.9 Å². The Hall–Kier alpha value is -3.23. The van der Waals surface area contributed by atoms with Crippen LogP contribution in [0.4, 0.5) is 16.0 Å². The second-order valence-corrected chi connectivity index (χ2v) is 7.05. The minimum atomic E-state index is -1.35. The number of amides is 1. The van der Waals surface area contributed by atoms with Gasteiger partial charge in [0, 0.05) is 29.7 Å². The molecule has 3 aromatic heterocycles. The normalized spacial score (nSPS) is 22.2. The van der Waals surface area contributed by atoms with Gasteiger partial charge in [-0.05, 0) is 32.3 Å². The first-order valence-corrected chi connectivity index (χ1v) is 8.70. The summed E-state index contributed by atoms with van der Waals surface area (Å²) in [5.74, 6) is -0.438. The van der Waals surface area contributed by atoms with E-state index in [2.05, 4.69) is 20.4 Å². The molecule has 3 heterocycles. The van der Waals surface area contributed by atoms with E-state index in [1.807, 2.05) is 6.07 Å². The maximum Gasteiger partial charge on any atom is 0.252 e. The molecule has 5 N–H and O–H groups in total. The molecule has 0 spiro atoms. The van der Waals surface area contributed by atoms with Crippen molar-refractivity contribution in [2.24, 2.45) is 5.73 Å². The Bertz CT molecular complexity index is 1010. The van der Waals surface area contributed by atoms with Gasteiger partial charge >= 0.3 is 0 Å². The maximum absolute atomic E-state index is 14.8. The van der Waals surface area contributed by atoms with Crippen molar-refractivity contribution in [2.45, 2.75) is 37.9 Å². The summed E-state index contributed by atoms with van der Waals surface area (Å²) in [5, 5.41) is 7.46. The molecule has 1 fully saturated rings. The summed E-state index contributed by atoms with van der Waals surface area (Å²) < 4.78 is 16.4. The van der Waals surface area contributed by atoms with Gasteiger partial charge in [0.05, 0.1) is 29.0 Å². The molecule has 8 nitrogen and oxygen atoms in total. The van der Waals surface area contributed by atoms with Crippen molar-refractivity contribution in [2.75, 3.05) is 11.1 Å². The quantitative estimate of drug-likeness (QED) is 0.647.